The van der Waals surface area contributed by atoms with Gasteiger partial charge in [0.15, 0.2) is 0 Å². The predicted molar refractivity (Wildman–Crippen MR) is 38.2 cm³/mol. The lowest BCUT2D eigenvalue weighted by molar-refractivity contribution is -0.110. The van der Waals surface area contributed by atoms with Crippen molar-refractivity contribution in [2.24, 2.45) is 0 Å². The largest absolute Gasteiger partial charge is 0.356 e. The van der Waals surface area contributed by atoms with Crippen molar-refractivity contribution in [2.45, 2.75) is 39.2 Å². The van der Waals surface area contributed by atoms with Crippen LogP contribution in [0.15, 0.2) is 0 Å². The first-order valence-corrected chi connectivity index (χ1v) is 3.54. The van der Waals surface area contributed by atoms with Crippen LogP contribution in [0.5, 0.6) is 0 Å². The van der Waals surface area contributed by atoms with Gasteiger partial charge in [-0.25, -0.2) is 0 Å². The second-order valence-electron chi connectivity index (χ2n) is 2.18. The van der Waals surface area contributed by atoms with E-state index in [9.17, 15) is 4.79 Å². The van der Waals surface area contributed by atoms with Crippen molar-refractivity contribution in [3.05, 3.63) is 0 Å². The summed E-state index contributed by atoms with van der Waals surface area (Å²) in [5.74, 6) is 0. The van der Waals surface area contributed by atoms with Crippen molar-refractivity contribution in [1.82, 2.24) is 5.32 Å². The van der Waals surface area contributed by atoms with Gasteiger partial charge in [0.25, 0.3) is 0 Å². The van der Waals surface area contributed by atoms with Gasteiger partial charge in [0.1, 0.15) is 0 Å². The monoisotopic (exact) mass is 129 g/mol. The Bertz CT molecular complexity index is 73.3. The van der Waals surface area contributed by atoms with E-state index in [1.54, 1.807) is 0 Å². The minimum Gasteiger partial charge on any atom is -0.356 e. The fourth-order valence-electron chi connectivity index (χ4n) is 0.850. The zero-order chi connectivity index (χ0) is 7.11. The third-order valence-electron chi connectivity index (χ3n) is 1.43. The molecule has 1 atom stereocenters. The number of hydrogen-bond acceptors (Lipinski definition) is 1. The predicted octanol–water partition coefficient (Wildman–Crippen LogP) is 1.31. The topological polar surface area (TPSA) is 29.1 Å². The molecule has 0 saturated carbocycles. The lowest BCUT2D eigenvalue weighted by Gasteiger charge is -2.10. The molecule has 1 amide bonds. The molecule has 0 heterocycles. The van der Waals surface area contributed by atoms with Gasteiger partial charge in [-0.1, -0.05) is 20.3 Å². The van der Waals surface area contributed by atoms with Gasteiger partial charge in [-0.3, -0.25) is 4.79 Å². The van der Waals surface area contributed by atoms with E-state index in [0.29, 0.717) is 6.04 Å². The zero-order valence-corrected chi connectivity index (χ0v) is 6.18. The highest BCUT2D eigenvalue weighted by atomic mass is 16.1. The maximum atomic E-state index is 9.94. The molecule has 0 aliphatic rings. The van der Waals surface area contributed by atoms with Gasteiger partial charge in [0.2, 0.25) is 6.41 Å². The van der Waals surface area contributed by atoms with Crippen LogP contribution in [0.3, 0.4) is 0 Å². The van der Waals surface area contributed by atoms with Crippen LogP contribution in [0, 0.1) is 0 Å². The Hall–Kier alpha value is -0.530. The second-order valence-corrected chi connectivity index (χ2v) is 2.18. The number of carbonyl (C=O) groups is 1. The second kappa shape index (κ2) is 5.60. The Labute approximate surface area is 56.6 Å². The summed E-state index contributed by atoms with van der Waals surface area (Å²) in [7, 11) is 0. The molecule has 0 bridgehead atoms. The van der Waals surface area contributed by atoms with Gasteiger partial charge in [-0.15, -0.1) is 0 Å². The van der Waals surface area contributed by atoms with Gasteiger partial charge < -0.3 is 5.32 Å². The molecule has 0 fully saturated rings. The summed E-state index contributed by atoms with van der Waals surface area (Å²) in [6, 6.07) is 0.396. The Balaban J connectivity index is 3.28. The standard InChI is InChI=1S/C7H15NO/c1-3-5-7(4-2)8-6-9/h6-7H,3-5H2,1-2H3,(H,8,9)/t7-/m1/s1. The maximum absolute atomic E-state index is 9.94. The Morgan fingerprint density at radius 1 is 1.56 bits per heavy atom. The molecular weight excluding hydrogens is 114 g/mol. The third-order valence-corrected chi connectivity index (χ3v) is 1.43. The quantitative estimate of drug-likeness (QED) is 0.557. The lowest BCUT2D eigenvalue weighted by Crippen LogP contribution is -2.26. The van der Waals surface area contributed by atoms with E-state index in [-0.39, 0.29) is 0 Å². The minimum absolute atomic E-state index is 0.396. The van der Waals surface area contributed by atoms with Crippen LogP contribution in [0.1, 0.15) is 33.1 Å². The van der Waals surface area contributed by atoms with E-state index in [1.807, 2.05) is 0 Å². The summed E-state index contributed by atoms with van der Waals surface area (Å²) in [5, 5.41) is 2.75. The van der Waals surface area contributed by atoms with Crippen molar-refractivity contribution < 1.29 is 4.79 Å². The molecule has 0 rings (SSSR count). The average Bonchev–Trinajstić information content (AvgIpc) is 1.88. The molecule has 2 nitrogen and oxygen atoms in total. The number of hydrogen-bond donors (Lipinski definition) is 1. The molecule has 0 aromatic rings. The third kappa shape index (κ3) is 4.01. The number of amides is 1. The molecule has 1 N–H and O–H groups in total. The fourth-order valence-corrected chi connectivity index (χ4v) is 0.850. The first-order valence-electron chi connectivity index (χ1n) is 3.54. The van der Waals surface area contributed by atoms with Gasteiger partial charge in [0, 0.05) is 6.04 Å². The van der Waals surface area contributed by atoms with Crippen LogP contribution in [0.4, 0.5) is 0 Å². The molecule has 0 aromatic carbocycles. The minimum atomic E-state index is 0.396. The molecule has 0 aliphatic heterocycles. The van der Waals surface area contributed by atoms with E-state index in [1.165, 1.54) is 0 Å². The lowest BCUT2D eigenvalue weighted by atomic mass is 10.1. The van der Waals surface area contributed by atoms with E-state index in [0.717, 1.165) is 25.7 Å². The number of carbonyl (C=O) groups excluding carboxylic acids is 1. The van der Waals surface area contributed by atoms with Crippen molar-refractivity contribution in [1.29, 1.82) is 0 Å². The summed E-state index contributed by atoms with van der Waals surface area (Å²) in [6.45, 7) is 4.20. The van der Waals surface area contributed by atoms with Crippen molar-refractivity contribution >= 4 is 6.41 Å². The van der Waals surface area contributed by atoms with Crippen LogP contribution in [0.25, 0.3) is 0 Å². The van der Waals surface area contributed by atoms with E-state index in [2.05, 4.69) is 19.2 Å². The van der Waals surface area contributed by atoms with E-state index in [4.69, 9.17) is 0 Å². The first-order chi connectivity index (χ1) is 4.35. The van der Waals surface area contributed by atoms with Crippen LogP contribution >= 0.6 is 0 Å². The van der Waals surface area contributed by atoms with Crippen molar-refractivity contribution in [3.8, 4) is 0 Å². The molecule has 54 valence electrons. The Morgan fingerprint density at radius 2 is 2.22 bits per heavy atom. The summed E-state index contributed by atoms with van der Waals surface area (Å²) >= 11 is 0. The normalized spacial score (nSPS) is 12.7. The summed E-state index contributed by atoms with van der Waals surface area (Å²) in [4.78, 5) is 9.94. The first kappa shape index (κ1) is 8.47. The molecule has 0 radical (unpaired) electrons. The van der Waals surface area contributed by atoms with Gasteiger partial charge >= 0.3 is 0 Å². The molecule has 0 saturated heterocycles. The van der Waals surface area contributed by atoms with E-state index < -0.39 is 0 Å². The highest BCUT2D eigenvalue weighted by Gasteiger charge is 1.99. The summed E-state index contributed by atoms with van der Waals surface area (Å²) in [6.07, 6.45) is 4.05. The van der Waals surface area contributed by atoms with Crippen LogP contribution in [-0.2, 0) is 4.79 Å². The van der Waals surface area contributed by atoms with Gasteiger partial charge in [0.05, 0.1) is 0 Å². The van der Waals surface area contributed by atoms with Crippen LogP contribution in [0.2, 0.25) is 0 Å². The molecule has 2 heteroatoms. The Kier molecular flexibility index (Phi) is 5.27. The summed E-state index contributed by atoms with van der Waals surface area (Å²) < 4.78 is 0. The molecule has 0 spiro atoms. The molecular formula is C7H15NO. The number of nitrogens with one attached hydrogen (secondary N) is 1. The zero-order valence-electron chi connectivity index (χ0n) is 6.18. The van der Waals surface area contributed by atoms with Crippen molar-refractivity contribution in [3.63, 3.8) is 0 Å². The average molecular weight is 129 g/mol. The maximum Gasteiger partial charge on any atom is 0.207 e. The molecule has 9 heavy (non-hydrogen) atoms. The van der Waals surface area contributed by atoms with Gasteiger partial charge in [-0.05, 0) is 12.8 Å². The smallest absolute Gasteiger partial charge is 0.207 e. The fraction of sp³-hybridized carbons (Fsp3) is 0.857. The van der Waals surface area contributed by atoms with Gasteiger partial charge in [-0.2, -0.15) is 0 Å². The van der Waals surface area contributed by atoms with Crippen LogP contribution in [-0.4, -0.2) is 12.5 Å². The molecule has 0 unspecified atom stereocenters. The molecule has 0 aliphatic carbocycles. The molecule has 0 aromatic heterocycles. The van der Waals surface area contributed by atoms with E-state index >= 15 is 0 Å². The summed E-state index contributed by atoms with van der Waals surface area (Å²) in [5.41, 5.74) is 0. The van der Waals surface area contributed by atoms with Crippen LogP contribution < -0.4 is 5.32 Å². The highest BCUT2D eigenvalue weighted by molar-refractivity contribution is 5.46. The number of rotatable bonds is 5. The van der Waals surface area contributed by atoms with Crippen molar-refractivity contribution in [2.75, 3.05) is 0 Å². The SMILES string of the molecule is CCC[C@@H](CC)NC=O. The highest BCUT2D eigenvalue weighted by Crippen LogP contribution is 1.98. The Morgan fingerprint density at radius 3 is 2.56 bits per heavy atom.